The summed E-state index contributed by atoms with van der Waals surface area (Å²) in [6, 6.07) is 1.48. The predicted octanol–water partition coefficient (Wildman–Crippen LogP) is 2.80. The Morgan fingerprint density at radius 1 is 1.24 bits per heavy atom. The Labute approximate surface area is 128 Å². The van der Waals surface area contributed by atoms with Crippen LogP contribution in [-0.2, 0) is 14.3 Å². The van der Waals surface area contributed by atoms with Crippen molar-refractivity contribution in [3.05, 3.63) is 0 Å². The van der Waals surface area contributed by atoms with Crippen molar-refractivity contribution in [2.24, 2.45) is 11.3 Å². The van der Waals surface area contributed by atoms with Crippen LogP contribution >= 0.6 is 0 Å². The van der Waals surface area contributed by atoms with Gasteiger partial charge >= 0.3 is 5.97 Å². The Morgan fingerprint density at radius 2 is 1.76 bits per heavy atom. The number of esters is 1. The maximum atomic E-state index is 12.5. The van der Waals surface area contributed by atoms with Crippen LogP contribution in [0.25, 0.3) is 0 Å². The van der Waals surface area contributed by atoms with Gasteiger partial charge in [0.2, 0.25) is 5.91 Å². The van der Waals surface area contributed by atoms with Gasteiger partial charge in [-0.2, -0.15) is 5.26 Å². The second-order valence-corrected chi connectivity index (χ2v) is 5.87. The minimum absolute atomic E-state index is 0.239. The molecule has 5 nitrogen and oxygen atoms in total. The molecule has 0 radical (unpaired) electrons. The second kappa shape index (κ2) is 9.38. The molecule has 0 bridgehead atoms. The van der Waals surface area contributed by atoms with Gasteiger partial charge in [0.1, 0.15) is 11.5 Å². The van der Waals surface area contributed by atoms with Crippen molar-refractivity contribution in [3.63, 3.8) is 0 Å². The zero-order valence-corrected chi connectivity index (χ0v) is 13.9. The molecular formula is C16H28N2O3. The molecule has 0 spiro atoms. The Morgan fingerprint density at radius 3 is 2.10 bits per heavy atom. The molecule has 0 aliphatic rings. The van der Waals surface area contributed by atoms with Gasteiger partial charge in [-0.05, 0) is 25.2 Å². The molecule has 21 heavy (non-hydrogen) atoms. The summed E-state index contributed by atoms with van der Waals surface area (Å²) >= 11 is 0. The largest absolute Gasteiger partial charge is 0.467 e. The summed E-state index contributed by atoms with van der Waals surface area (Å²) in [5.41, 5.74) is -1.05. The molecule has 0 aliphatic carbocycles. The number of ether oxygens (including phenoxy) is 1. The molecule has 0 rings (SSSR count). The minimum Gasteiger partial charge on any atom is -0.467 e. The lowest BCUT2D eigenvalue weighted by Gasteiger charge is -2.27. The maximum Gasteiger partial charge on any atom is 0.328 e. The number of hydrogen-bond donors (Lipinski definition) is 1. The molecule has 1 unspecified atom stereocenters. The van der Waals surface area contributed by atoms with E-state index in [1.807, 2.05) is 27.7 Å². The smallest absolute Gasteiger partial charge is 0.328 e. The molecule has 0 heterocycles. The van der Waals surface area contributed by atoms with Crippen molar-refractivity contribution in [1.29, 1.82) is 5.26 Å². The fourth-order valence-corrected chi connectivity index (χ4v) is 2.49. The lowest BCUT2D eigenvalue weighted by Crippen LogP contribution is -2.49. The van der Waals surface area contributed by atoms with E-state index in [1.165, 1.54) is 7.11 Å². The van der Waals surface area contributed by atoms with Gasteiger partial charge in [0.25, 0.3) is 0 Å². The first-order valence-corrected chi connectivity index (χ1v) is 7.66. The van der Waals surface area contributed by atoms with Crippen LogP contribution < -0.4 is 5.32 Å². The van der Waals surface area contributed by atoms with Gasteiger partial charge < -0.3 is 10.1 Å². The lowest BCUT2D eigenvalue weighted by molar-refractivity contribution is -0.146. The van der Waals surface area contributed by atoms with Crippen LogP contribution in [0.15, 0.2) is 0 Å². The fraction of sp³-hybridized carbons (Fsp3) is 0.812. The van der Waals surface area contributed by atoms with Gasteiger partial charge in [0, 0.05) is 0 Å². The highest BCUT2D eigenvalue weighted by Gasteiger charge is 2.39. The number of amides is 1. The predicted molar refractivity (Wildman–Crippen MR) is 81.3 cm³/mol. The number of hydrogen-bond acceptors (Lipinski definition) is 4. The highest BCUT2D eigenvalue weighted by molar-refractivity contribution is 5.89. The quantitative estimate of drug-likeness (QED) is 0.663. The average Bonchev–Trinajstić information content (AvgIpc) is 2.44. The second-order valence-electron chi connectivity index (χ2n) is 5.87. The van der Waals surface area contributed by atoms with E-state index >= 15 is 0 Å². The monoisotopic (exact) mass is 296 g/mol. The van der Waals surface area contributed by atoms with E-state index in [1.54, 1.807) is 0 Å². The molecule has 1 amide bonds. The third-order valence-electron chi connectivity index (χ3n) is 3.50. The third kappa shape index (κ3) is 5.74. The summed E-state index contributed by atoms with van der Waals surface area (Å²) in [5, 5.41) is 12.2. The van der Waals surface area contributed by atoms with E-state index in [-0.39, 0.29) is 11.8 Å². The Bertz CT molecular complexity index is 379. The molecule has 120 valence electrons. The van der Waals surface area contributed by atoms with Crippen LogP contribution in [0.2, 0.25) is 0 Å². The summed E-state index contributed by atoms with van der Waals surface area (Å²) in [6.45, 7) is 7.83. The molecule has 0 fully saturated rings. The number of carbonyl (C=O) groups is 2. The summed E-state index contributed by atoms with van der Waals surface area (Å²) < 4.78 is 4.74. The SMILES string of the molecule is CCCC(C#N)(CCC)C(=O)NC(CC(C)C)C(=O)OC. The van der Waals surface area contributed by atoms with Crippen LogP contribution in [0.1, 0.15) is 59.8 Å². The number of methoxy groups -OCH3 is 1. The van der Waals surface area contributed by atoms with Crippen LogP contribution in [-0.4, -0.2) is 25.0 Å². The van der Waals surface area contributed by atoms with E-state index in [4.69, 9.17) is 4.74 Å². The summed E-state index contributed by atoms with van der Waals surface area (Å²) in [4.78, 5) is 24.3. The Kier molecular flexibility index (Phi) is 8.68. The molecule has 5 heteroatoms. The van der Waals surface area contributed by atoms with Gasteiger partial charge in [0.05, 0.1) is 13.2 Å². The van der Waals surface area contributed by atoms with Crippen molar-refractivity contribution in [1.82, 2.24) is 5.32 Å². The van der Waals surface area contributed by atoms with Crippen LogP contribution in [0.3, 0.4) is 0 Å². The van der Waals surface area contributed by atoms with Crippen molar-refractivity contribution < 1.29 is 14.3 Å². The first-order chi connectivity index (χ1) is 9.86. The van der Waals surface area contributed by atoms with Crippen LogP contribution in [0.4, 0.5) is 0 Å². The summed E-state index contributed by atoms with van der Waals surface area (Å²) in [7, 11) is 1.30. The van der Waals surface area contributed by atoms with Gasteiger partial charge in [-0.3, -0.25) is 4.79 Å². The van der Waals surface area contributed by atoms with Gasteiger partial charge in [-0.25, -0.2) is 4.79 Å². The lowest BCUT2D eigenvalue weighted by atomic mass is 9.79. The highest BCUT2D eigenvalue weighted by Crippen LogP contribution is 2.29. The van der Waals surface area contributed by atoms with Gasteiger partial charge in [-0.1, -0.05) is 40.5 Å². The fourth-order valence-electron chi connectivity index (χ4n) is 2.49. The van der Waals surface area contributed by atoms with E-state index in [0.717, 1.165) is 12.8 Å². The van der Waals surface area contributed by atoms with E-state index in [2.05, 4.69) is 11.4 Å². The molecular weight excluding hydrogens is 268 g/mol. The van der Waals surface area contributed by atoms with Crippen LogP contribution in [0, 0.1) is 22.7 Å². The van der Waals surface area contributed by atoms with Crippen molar-refractivity contribution >= 4 is 11.9 Å². The molecule has 1 atom stereocenters. The summed E-state index contributed by atoms with van der Waals surface area (Å²) in [6.07, 6.45) is 2.98. The molecule has 0 saturated carbocycles. The molecule has 0 saturated heterocycles. The molecule has 0 aromatic carbocycles. The van der Waals surface area contributed by atoms with Gasteiger partial charge in [-0.15, -0.1) is 0 Å². The number of carbonyl (C=O) groups excluding carboxylic acids is 2. The zero-order valence-electron chi connectivity index (χ0n) is 13.9. The third-order valence-corrected chi connectivity index (χ3v) is 3.50. The van der Waals surface area contributed by atoms with E-state index < -0.39 is 17.4 Å². The molecule has 1 N–H and O–H groups in total. The number of nitrogens with one attached hydrogen (secondary N) is 1. The van der Waals surface area contributed by atoms with Gasteiger partial charge in [0.15, 0.2) is 0 Å². The summed E-state index contributed by atoms with van der Waals surface area (Å²) in [5.74, 6) is -0.579. The molecule has 0 aromatic heterocycles. The maximum absolute atomic E-state index is 12.5. The number of nitriles is 1. The van der Waals surface area contributed by atoms with Crippen molar-refractivity contribution in [2.75, 3.05) is 7.11 Å². The van der Waals surface area contributed by atoms with Crippen molar-refractivity contribution in [3.8, 4) is 6.07 Å². The zero-order chi connectivity index (χ0) is 16.5. The first-order valence-electron chi connectivity index (χ1n) is 7.66. The first kappa shape index (κ1) is 19.4. The Hall–Kier alpha value is -1.57. The highest BCUT2D eigenvalue weighted by atomic mass is 16.5. The standard InChI is InChI=1S/C16H28N2O3/c1-6-8-16(11-17,9-7-2)15(20)18-13(10-12(3)4)14(19)21-5/h12-13H,6-10H2,1-5H3,(H,18,20). The van der Waals surface area contributed by atoms with E-state index in [9.17, 15) is 14.9 Å². The Balaban J connectivity index is 5.15. The normalized spacial score (nSPS) is 12.6. The number of rotatable bonds is 9. The molecule has 0 aromatic rings. The van der Waals surface area contributed by atoms with E-state index in [0.29, 0.717) is 19.3 Å². The van der Waals surface area contributed by atoms with Crippen LogP contribution in [0.5, 0.6) is 0 Å². The van der Waals surface area contributed by atoms with Crippen molar-refractivity contribution in [2.45, 2.75) is 65.8 Å². The number of nitrogens with zero attached hydrogens (tertiary/aromatic N) is 1. The molecule has 0 aliphatic heterocycles. The topological polar surface area (TPSA) is 79.2 Å². The minimum atomic E-state index is -1.05. The average molecular weight is 296 g/mol.